The van der Waals surface area contributed by atoms with Crippen LogP contribution >= 0.6 is 23.1 Å². The molecule has 0 spiro atoms. The van der Waals surface area contributed by atoms with Gasteiger partial charge in [-0.1, -0.05) is 11.8 Å². The lowest BCUT2D eigenvalue weighted by atomic mass is 10.1. The second-order valence-corrected chi connectivity index (χ2v) is 8.39. The van der Waals surface area contributed by atoms with Crippen molar-refractivity contribution < 1.29 is 4.79 Å². The van der Waals surface area contributed by atoms with Crippen molar-refractivity contribution in [3.63, 3.8) is 0 Å². The normalized spacial score (nSPS) is 12.4. The Balaban J connectivity index is 2.06. The minimum atomic E-state index is -0.743. The topological polar surface area (TPSA) is 122 Å². The quantitative estimate of drug-likeness (QED) is 0.368. The van der Waals surface area contributed by atoms with E-state index in [1.807, 2.05) is 6.92 Å². The van der Waals surface area contributed by atoms with Crippen molar-refractivity contribution in [2.75, 3.05) is 5.73 Å². The molecule has 0 aliphatic rings. The van der Waals surface area contributed by atoms with Gasteiger partial charge < -0.3 is 5.73 Å². The number of hydrogen-bond acceptors (Lipinski definition) is 8. The van der Waals surface area contributed by atoms with E-state index in [0.29, 0.717) is 21.9 Å². The summed E-state index contributed by atoms with van der Waals surface area (Å²) in [6.45, 7) is 3.83. The molecule has 28 heavy (non-hydrogen) atoms. The maximum atomic E-state index is 13.0. The third-order valence-electron chi connectivity index (χ3n) is 4.45. The molecule has 9 nitrogen and oxygen atoms in total. The van der Waals surface area contributed by atoms with Gasteiger partial charge in [0.05, 0.1) is 10.8 Å². The SMILES string of the molecule is CCn1c(SC(C)C(=O)c2c(N)n(C)c(=O)n(C)c2=O)nc2ccsc2c1=O. The average molecular weight is 422 g/mol. The largest absolute Gasteiger partial charge is 0.384 e. The molecule has 1 unspecified atom stereocenters. The Bertz CT molecular complexity index is 1270. The first-order chi connectivity index (χ1) is 13.2. The minimum absolute atomic E-state index is 0.165. The number of nitrogens with two attached hydrogens (primary N) is 1. The molecule has 0 aliphatic carbocycles. The van der Waals surface area contributed by atoms with Crippen molar-refractivity contribution in [1.29, 1.82) is 0 Å². The van der Waals surface area contributed by atoms with Crippen LogP contribution in [0.25, 0.3) is 10.2 Å². The Hall–Kier alpha value is -2.66. The van der Waals surface area contributed by atoms with Gasteiger partial charge >= 0.3 is 5.69 Å². The summed E-state index contributed by atoms with van der Waals surface area (Å²) >= 11 is 2.40. The van der Waals surface area contributed by atoms with E-state index in [1.165, 1.54) is 30.0 Å². The van der Waals surface area contributed by atoms with Gasteiger partial charge in [0, 0.05) is 20.6 Å². The number of rotatable bonds is 5. The lowest BCUT2D eigenvalue weighted by Crippen LogP contribution is -2.42. The molecule has 0 amide bonds. The van der Waals surface area contributed by atoms with E-state index in [9.17, 15) is 19.2 Å². The fraction of sp³-hybridized carbons (Fsp3) is 0.353. The second-order valence-electron chi connectivity index (χ2n) is 6.17. The van der Waals surface area contributed by atoms with Crippen molar-refractivity contribution >= 4 is 44.9 Å². The van der Waals surface area contributed by atoms with Crippen molar-refractivity contribution in [2.45, 2.75) is 30.8 Å². The highest BCUT2D eigenvalue weighted by atomic mass is 32.2. The van der Waals surface area contributed by atoms with E-state index in [4.69, 9.17) is 5.73 Å². The molecular weight excluding hydrogens is 402 g/mol. The summed E-state index contributed by atoms with van der Waals surface area (Å²) in [6.07, 6.45) is 0. The number of carbonyl (C=O) groups excluding carboxylic acids is 1. The van der Waals surface area contributed by atoms with Crippen LogP contribution < -0.4 is 22.5 Å². The third-order valence-corrected chi connectivity index (χ3v) is 6.44. The molecule has 11 heteroatoms. The molecule has 0 radical (unpaired) electrons. The Morgan fingerprint density at radius 2 is 1.93 bits per heavy atom. The highest BCUT2D eigenvalue weighted by molar-refractivity contribution is 8.00. The van der Waals surface area contributed by atoms with Crippen LogP contribution in [0.15, 0.2) is 31.0 Å². The van der Waals surface area contributed by atoms with Crippen molar-refractivity contribution in [3.05, 3.63) is 48.2 Å². The lowest BCUT2D eigenvalue weighted by molar-refractivity contribution is 0.0992. The number of thiophene rings is 1. The molecule has 2 N–H and O–H groups in total. The zero-order valence-electron chi connectivity index (χ0n) is 15.8. The summed E-state index contributed by atoms with van der Waals surface area (Å²) in [7, 11) is 2.69. The Labute approximate surface area is 167 Å². The Kier molecular flexibility index (Phi) is 5.31. The van der Waals surface area contributed by atoms with E-state index >= 15 is 0 Å². The highest BCUT2D eigenvalue weighted by Crippen LogP contribution is 2.26. The zero-order valence-corrected chi connectivity index (χ0v) is 17.4. The summed E-state index contributed by atoms with van der Waals surface area (Å²) in [5.74, 6) is -0.708. The van der Waals surface area contributed by atoms with E-state index in [1.54, 1.807) is 18.4 Å². The summed E-state index contributed by atoms with van der Waals surface area (Å²) in [6, 6.07) is 1.75. The van der Waals surface area contributed by atoms with E-state index in [0.717, 1.165) is 20.9 Å². The van der Waals surface area contributed by atoms with Crippen LogP contribution in [0, 0.1) is 0 Å². The molecule has 3 rings (SSSR count). The summed E-state index contributed by atoms with van der Waals surface area (Å²) < 4.78 is 3.96. The van der Waals surface area contributed by atoms with Gasteiger partial charge in [-0.15, -0.1) is 11.3 Å². The number of nitrogen functional groups attached to an aromatic ring is 1. The monoisotopic (exact) mass is 421 g/mol. The fourth-order valence-electron chi connectivity index (χ4n) is 2.80. The Morgan fingerprint density at radius 3 is 2.57 bits per heavy atom. The first-order valence-corrected chi connectivity index (χ1v) is 10.2. The van der Waals surface area contributed by atoms with Crippen LogP contribution in [0.5, 0.6) is 0 Å². The predicted octanol–water partition coefficient (Wildman–Crippen LogP) is 0.821. The number of ketones is 1. The molecule has 148 valence electrons. The van der Waals surface area contributed by atoms with Gasteiger partial charge in [-0.2, -0.15) is 0 Å². The maximum absolute atomic E-state index is 13.0. The predicted molar refractivity (Wildman–Crippen MR) is 111 cm³/mol. The zero-order chi connectivity index (χ0) is 20.7. The van der Waals surface area contributed by atoms with Crippen LogP contribution in [-0.4, -0.2) is 29.7 Å². The number of aromatic nitrogens is 4. The Morgan fingerprint density at radius 1 is 1.25 bits per heavy atom. The van der Waals surface area contributed by atoms with Gasteiger partial charge in [-0.3, -0.25) is 28.1 Å². The van der Waals surface area contributed by atoms with Gasteiger partial charge in [0.15, 0.2) is 10.9 Å². The van der Waals surface area contributed by atoms with Crippen LogP contribution in [0.4, 0.5) is 5.82 Å². The first-order valence-electron chi connectivity index (χ1n) is 8.43. The van der Waals surface area contributed by atoms with Gasteiger partial charge in [-0.25, -0.2) is 9.78 Å². The van der Waals surface area contributed by atoms with Crippen LogP contribution in [0.1, 0.15) is 24.2 Å². The van der Waals surface area contributed by atoms with Gasteiger partial charge in [0.1, 0.15) is 16.1 Å². The molecule has 3 aromatic heterocycles. The van der Waals surface area contributed by atoms with E-state index in [2.05, 4.69) is 4.98 Å². The number of anilines is 1. The standard InChI is InChI=1S/C17H19N5O4S2/c1-5-22-15(25)12-9(6-7-27-12)19-16(22)28-8(2)11(23)10-13(18)20(3)17(26)21(4)14(10)24/h6-8H,5,18H2,1-4H3. The fourth-order valence-corrected chi connectivity index (χ4v) is 4.61. The maximum Gasteiger partial charge on any atom is 0.332 e. The van der Waals surface area contributed by atoms with E-state index in [-0.39, 0.29) is 16.9 Å². The molecule has 0 aromatic carbocycles. The third kappa shape index (κ3) is 3.10. The number of Topliss-reactive ketones (excluding diaryl/α,β-unsaturated/α-hetero) is 1. The smallest absolute Gasteiger partial charge is 0.332 e. The summed E-state index contributed by atoms with van der Waals surface area (Å²) in [4.78, 5) is 54.5. The highest BCUT2D eigenvalue weighted by Gasteiger charge is 2.27. The molecular formula is C17H19N5O4S2. The lowest BCUT2D eigenvalue weighted by Gasteiger charge is -2.16. The molecule has 0 saturated heterocycles. The molecule has 0 bridgehead atoms. The van der Waals surface area contributed by atoms with Gasteiger partial charge in [0.2, 0.25) is 0 Å². The number of fused-ring (bicyclic) bond motifs is 1. The first kappa shape index (κ1) is 20.1. The van der Waals surface area contributed by atoms with E-state index < -0.39 is 22.3 Å². The van der Waals surface area contributed by atoms with Crippen molar-refractivity contribution in [2.24, 2.45) is 14.1 Å². The van der Waals surface area contributed by atoms with Crippen LogP contribution in [0.2, 0.25) is 0 Å². The molecule has 0 aliphatic heterocycles. The molecule has 0 saturated carbocycles. The summed E-state index contributed by atoms with van der Waals surface area (Å²) in [5, 5.41) is 1.43. The molecule has 3 heterocycles. The average Bonchev–Trinajstić information content (AvgIpc) is 3.14. The second kappa shape index (κ2) is 7.40. The molecule has 1 atom stereocenters. The van der Waals surface area contributed by atoms with Crippen LogP contribution in [-0.2, 0) is 20.6 Å². The molecule has 3 aromatic rings. The number of thioether (sulfide) groups is 1. The van der Waals surface area contributed by atoms with Gasteiger partial charge in [0.25, 0.3) is 11.1 Å². The molecule has 0 fully saturated rings. The van der Waals surface area contributed by atoms with Crippen molar-refractivity contribution in [1.82, 2.24) is 18.7 Å². The number of hydrogen-bond donors (Lipinski definition) is 1. The van der Waals surface area contributed by atoms with Crippen molar-refractivity contribution in [3.8, 4) is 0 Å². The minimum Gasteiger partial charge on any atom is -0.384 e. The summed E-state index contributed by atoms with van der Waals surface area (Å²) in [5.41, 5.74) is 4.69. The number of nitrogens with zero attached hydrogens (tertiary/aromatic N) is 4. The van der Waals surface area contributed by atoms with Crippen LogP contribution in [0.3, 0.4) is 0 Å². The number of carbonyl (C=O) groups is 1. The van der Waals surface area contributed by atoms with Gasteiger partial charge in [-0.05, 0) is 25.3 Å².